The quantitative estimate of drug-likeness (QED) is 0.683. The minimum atomic E-state index is -1.05. The summed E-state index contributed by atoms with van der Waals surface area (Å²) in [7, 11) is 0. The van der Waals surface area contributed by atoms with Gasteiger partial charge >= 0.3 is 5.97 Å². The number of carboxylic acids is 1. The van der Waals surface area contributed by atoms with Gasteiger partial charge in [0, 0.05) is 10.9 Å². The molecule has 1 aromatic carbocycles. The van der Waals surface area contributed by atoms with E-state index in [-0.39, 0.29) is 11.3 Å². The van der Waals surface area contributed by atoms with Gasteiger partial charge in [-0.3, -0.25) is 0 Å². The van der Waals surface area contributed by atoms with Crippen molar-refractivity contribution in [3.05, 3.63) is 44.9 Å². The second kappa shape index (κ2) is 5.37. The highest BCUT2D eigenvalue weighted by Crippen LogP contribution is 2.45. The Bertz CT molecular complexity index is 918. The van der Waals surface area contributed by atoms with Crippen LogP contribution in [-0.2, 0) is 0 Å². The maximum absolute atomic E-state index is 11.5. The molecule has 2 aromatic heterocycles. The average Bonchev–Trinajstić information content (AvgIpc) is 2.74. The number of benzene rings is 1. The maximum Gasteiger partial charge on any atom is 0.339 e. The van der Waals surface area contributed by atoms with E-state index in [0.29, 0.717) is 11.1 Å². The molecule has 0 bridgehead atoms. The van der Waals surface area contributed by atoms with Gasteiger partial charge < -0.3 is 10.8 Å². The number of aromatic nitrogens is 1. The number of carbonyl (C=O) groups is 1. The summed E-state index contributed by atoms with van der Waals surface area (Å²) in [6.07, 6.45) is 0. The van der Waals surface area contributed by atoms with E-state index in [4.69, 9.17) is 5.73 Å². The molecule has 0 aliphatic rings. The SMILES string of the molecule is Cc1cccc(-c2c(Br)sc3nc(C)c(C(=O)O)c(N)c23)c1. The molecule has 0 fully saturated rings. The monoisotopic (exact) mass is 376 g/mol. The largest absolute Gasteiger partial charge is 0.478 e. The molecule has 3 N–H and O–H groups in total. The van der Waals surface area contributed by atoms with E-state index >= 15 is 0 Å². The Morgan fingerprint density at radius 2 is 2.09 bits per heavy atom. The molecule has 0 spiro atoms. The Hall–Kier alpha value is -1.92. The number of rotatable bonds is 2. The molecule has 4 nitrogen and oxygen atoms in total. The molecule has 3 rings (SSSR count). The highest BCUT2D eigenvalue weighted by Gasteiger charge is 2.22. The molecule has 0 saturated heterocycles. The van der Waals surface area contributed by atoms with Crippen molar-refractivity contribution in [2.45, 2.75) is 13.8 Å². The van der Waals surface area contributed by atoms with E-state index < -0.39 is 5.97 Å². The van der Waals surface area contributed by atoms with E-state index in [1.165, 1.54) is 11.3 Å². The number of nitrogens with two attached hydrogens (primary N) is 1. The lowest BCUT2D eigenvalue weighted by Gasteiger charge is -2.09. The van der Waals surface area contributed by atoms with Crippen molar-refractivity contribution in [3.8, 4) is 11.1 Å². The van der Waals surface area contributed by atoms with Gasteiger partial charge in [0.2, 0.25) is 0 Å². The van der Waals surface area contributed by atoms with Crippen molar-refractivity contribution in [3.63, 3.8) is 0 Å². The minimum absolute atomic E-state index is 0.0757. The van der Waals surface area contributed by atoms with E-state index in [1.807, 2.05) is 31.2 Å². The first-order valence-electron chi connectivity index (χ1n) is 6.58. The molecule has 0 aliphatic heterocycles. The summed E-state index contributed by atoms with van der Waals surface area (Å²) in [6, 6.07) is 8.02. The Kier molecular flexibility index (Phi) is 3.66. The van der Waals surface area contributed by atoms with Crippen molar-refractivity contribution >= 4 is 49.1 Å². The lowest BCUT2D eigenvalue weighted by Crippen LogP contribution is -2.07. The van der Waals surface area contributed by atoms with Gasteiger partial charge in [0.05, 0.1) is 15.2 Å². The fraction of sp³-hybridized carbons (Fsp3) is 0.125. The summed E-state index contributed by atoms with van der Waals surface area (Å²) in [6.45, 7) is 3.68. The first-order chi connectivity index (χ1) is 10.4. The van der Waals surface area contributed by atoms with Crippen molar-refractivity contribution in [2.24, 2.45) is 0 Å². The number of anilines is 1. The highest BCUT2D eigenvalue weighted by atomic mass is 79.9. The molecular weight excluding hydrogens is 364 g/mol. The van der Waals surface area contributed by atoms with Crippen LogP contribution in [0.4, 0.5) is 5.69 Å². The van der Waals surface area contributed by atoms with Crippen molar-refractivity contribution in [1.29, 1.82) is 0 Å². The Morgan fingerprint density at radius 3 is 2.73 bits per heavy atom. The molecule has 6 heteroatoms. The van der Waals surface area contributed by atoms with Gasteiger partial charge in [0.25, 0.3) is 0 Å². The van der Waals surface area contributed by atoms with Crippen molar-refractivity contribution in [1.82, 2.24) is 4.98 Å². The fourth-order valence-corrected chi connectivity index (χ4v) is 4.45. The van der Waals surface area contributed by atoms with Crippen LogP contribution in [0.15, 0.2) is 28.1 Å². The molecule has 2 heterocycles. The molecular formula is C16H13BrN2O2S. The lowest BCUT2D eigenvalue weighted by atomic mass is 10.0. The first-order valence-corrected chi connectivity index (χ1v) is 8.19. The zero-order chi connectivity index (χ0) is 16.0. The standard InChI is InChI=1S/C16H13BrN2O2S/c1-7-4-3-5-9(6-7)11-12-13(18)10(16(20)21)8(2)19-15(12)22-14(11)17/h3-6H,1-2H3,(H2,18,19)(H,20,21). The number of fused-ring (bicyclic) bond motifs is 1. The molecule has 0 unspecified atom stereocenters. The van der Waals surface area contributed by atoms with Gasteiger partial charge in [-0.05, 0) is 35.3 Å². The summed E-state index contributed by atoms with van der Waals surface area (Å²) in [4.78, 5) is 16.6. The Labute approximate surface area is 139 Å². The van der Waals surface area contributed by atoms with Gasteiger partial charge in [-0.15, -0.1) is 11.3 Å². The zero-order valence-electron chi connectivity index (χ0n) is 12.0. The van der Waals surface area contributed by atoms with Crippen LogP contribution in [0.3, 0.4) is 0 Å². The Balaban J connectivity index is 2.43. The third-order valence-electron chi connectivity index (χ3n) is 3.54. The number of aromatic carboxylic acids is 1. The molecule has 112 valence electrons. The smallest absolute Gasteiger partial charge is 0.339 e. The van der Waals surface area contributed by atoms with E-state index in [1.54, 1.807) is 6.92 Å². The number of hydrogen-bond donors (Lipinski definition) is 2. The number of carboxylic acid groups (broad SMARTS) is 1. The highest BCUT2D eigenvalue weighted by molar-refractivity contribution is 9.11. The predicted molar refractivity (Wildman–Crippen MR) is 93.6 cm³/mol. The number of nitrogen functional groups attached to an aromatic ring is 1. The zero-order valence-corrected chi connectivity index (χ0v) is 14.4. The Morgan fingerprint density at radius 1 is 1.36 bits per heavy atom. The fourth-order valence-electron chi connectivity index (χ4n) is 2.58. The minimum Gasteiger partial charge on any atom is -0.478 e. The second-order valence-corrected chi connectivity index (χ2v) is 7.41. The van der Waals surface area contributed by atoms with Crippen LogP contribution in [0, 0.1) is 13.8 Å². The summed E-state index contributed by atoms with van der Waals surface area (Å²) in [5.41, 5.74) is 9.97. The number of thiophene rings is 1. The summed E-state index contributed by atoms with van der Waals surface area (Å²) in [5.74, 6) is -1.05. The van der Waals surface area contributed by atoms with E-state index in [0.717, 1.165) is 25.3 Å². The maximum atomic E-state index is 11.5. The summed E-state index contributed by atoms with van der Waals surface area (Å²) < 4.78 is 0.897. The number of aryl methyl sites for hydroxylation is 2. The van der Waals surface area contributed by atoms with Crippen LogP contribution >= 0.6 is 27.3 Å². The summed E-state index contributed by atoms with van der Waals surface area (Å²) >= 11 is 5.03. The number of nitrogens with zero attached hydrogens (tertiary/aromatic N) is 1. The third kappa shape index (κ3) is 2.28. The van der Waals surface area contributed by atoms with Crippen molar-refractivity contribution in [2.75, 3.05) is 5.73 Å². The third-order valence-corrected chi connectivity index (χ3v) is 5.29. The van der Waals surface area contributed by atoms with E-state index in [9.17, 15) is 9.90 Å². The van der Waals surface area contributed by atoms with Crippen LogP contribution in [0.5, 0.6) is 0 Å². The van der Waals surface area contributed by atoms with Crippen LogP contribution < -0.4 is 5.73 Å². The lowest BCUT2D eigenvalue weighted by molar-refractivity contribution is 0.0697. The number of pyridine rings is 1. The van der Waals surface area contributed by atoms with Gasteiger partial charge in [0.1, 0.15) is 10.4 Å². The molecule has 0 amide bonds. The summed E-state index contributed by atoms with van der Waals surface area (Å²) in [5, 5.41) is 10.1. The second-order valence-electron chi connectivity index (χ2n) is 5.09. The molecule has 22 heavy (non-hydrogen) atoms. The van der Waals surface area contributed by atoms with Gasteiger partial charge in [-0.1, -0.05) is 29.8 Å². The number of halogens is 1. The molecule has 3 aromatic rings. The molecule has 0 atom stereocenters. The van der Waals surface area contributed by atoms with Gasteiger partial charge in [0.15, 0.2) is 0 Å². The van der Waals surface area contributed by atoms with Crippen LogP contribution in [0.25, 0.3) is 21.3 Å². The molecule has 0 saturated carbocycles. The predicted octanol–water partition coefficient (Wildman–Crippen LogP) is 4.62. The van der Waals surface area contributed by atoms with Crippen LogP contribution in [0.2, 0.25) is 0 Å². The van der Waals surface area contributed by atoms with E-state index in [2.05, 4.69) is 20.9 Å². The topological polar surface area (TPSA) is 76.2 Å². The first kappa shape index (κ1) is 15.0. The van der Waals surface area contributed by atoms with Gasteiger partial charge in [-0.2, -0.15) is 0 Å². The molecule has 0 aliphatic carbocycles. The van der Waals surface area contributed by atoms with Crippen LogP contribution in [0.1, 0.15) is 21.6 Å². The normalized spacial score (nSPS) is 11.0. The molecule has 0 radical (unpaired) electrons. The van der Waals surface area contributed by atoms with Gasteiger partial charge in [-0.25, -0.2) is 9.78 Å². The van der Waals surface area contributed by atoms with Crippen molar-refractivity contribution < 1.29 is 9.90 Å². The van der Waals surface area contributed by atoms with Crippen LogP contribution in [-0.4, -0.2) is 16.1 Å². The number of hydrogen-bond acceptors (Lipinski definition) is 4. The average molecular weight is 377 g/mol.